The average molecular weight is 304 g/mol. The van der Waals surface area contributed by atoms with Crippen LogP contribution in [-0.2, 0) is 0 Å². The van der Waals surface area contributed by atoms with Gasteiger partial charge in [-0.2, -0.15) is 5.26 Å². The second kappa shape index (κ2) is 7.20. The molecule has 1 aliphatic carbocycles. The lowest BCUT2D eigenvalue weighted by atomic mass is 9.82. The fraction of sp³-hybridized carbons (Fsp3) is 0.588. The van der Waals surface area contributed by atoms with Crippen molar-refractivity contribution in [2.45, 2.75) is 61.3 Å². The van der Waals surface area contributed by atoms with Crippen molar-refractivity contribution in [1.82, 2.24) is 5.32 Å². The van der Waals surface area contributed by atoms with Crippen LogP contribution in [0.2, 0.25) is 0 Å². The van der Waals surface area contributed by atoms with Gasteiger partial charge in [0.25, 0.3) is 0 Å². The summed E-state index contributed by atoms with van der Waals surface area (Å²) < 4.78 is 5.28. The van der Waals surface area contributed by atoms with E-state index < -0.39 is 0 Å². The van der Waals surface area contributed by atoms with E-state index in [2.05, 4.69) is 37.4 Å². The van der Waals surface area contributed by atoms with Crippen LogP contribution in [0.5, 0.6) is 5.75 Å². The van der Waals surface area contributed by atoms with Crippen LogP contribution in [0.1, 0.15) is 39.5 Å². The summed E-state index contributed by atoms with van der Waals surface area (Å²) in [5.41, 5.74) is -0.358. The highest BCUT2D eigenvalue weighted by atomic mass is 32.2. The van der Waals surface area contributed by atoms with E-state index in [0.717, 1.165) is 25.0 Å². The van der Waals surface area contributed by atoms with Crippen molar-refractivity contribution in [2.75, 3.05) is 7.11 Å². The van der Waals surface area contributed by atoms with E-state index in [9.17, 15) is 5.26 Å². The molecule has 2 unspecified atom stereocenters. The lowest BCUT2D eigenvalue weighted by Crippen LogP contribution is -2.51. The highest BCUT2D eigenvalue weighted by Crippen LogP contribution is 2.39. The Bertz CT molecular complexity index is 512. The van der Waals surface area contributed by atoms with Crippen LogP contribution in [0.25, 0.3) is 0 Å². The van der Waals surface area contributed by atoms with Crippen molar-refractivity contribution in [3.8, 4) is 11.8 Å². The van der Waals surface area contributed by atoms with E-state index in [1.165, 1.54) is 11.3 Å². The summed E-state index contributed by atoms with van der Waals surface area (Å²) >= 11 is 1.87. The molecule has 0 heterocycles. The van der Waals surface area contributed by atoms with Crippen molar-refractivity contribution in [1.29, 1.82) is 5.26 Å². The van der Waals surface area contributed by atoms with E-state index >= 15 is 0 Å². The molecule has 0 bridgehead atoms. The number of ether oxygens (including phenoxy) is 1. The third-order valence-corrected chi connectivity index (χ3v) is 5.09. The summed E-state index contributed by atoms with van der Waals surface area (Å²) in [5.74, 6) is 0.891. The molecule has 0 aliphatic heterocycles. The molecule has 0 spiro atoms. The molecule has 0 radical (unpaired) electrons. The number of nitrogens with zero attached hydrogens (tertiary/aromatic N) is 1. The molecule has 1 fully saturated rings. The summed E-state index contributed by atoms with van der Waals surface area (Å²) in [4.78, 5) is 1.22. The molecule has 3 nitrogen and oxygen atoms in total. The topological polar surface area (TPSA) is 45.0 Å². The molecule has 0 aromatic heterocycles. The standard InChI is InChI=1S/C17H24N2OS/c1-13(2)19-17(12-18)9-5-8-16(11-17)21-15-7-4-6-14(10-15)20-3/h4,6-7,10,13,16,19H,5,8-9,11H2,1-3H3. The molecule has 1 N–H and O–H groups in total. The minimum atomic E-state index is -0.358. The molecule has 4 heteroatoms. The van der Waals surface area contributed by atoms with Crippen molar-refractivity contribution < 1.29 is 4.74 Å². The zero-order chi connectivity index (χ0) is 15.3. The zero-order valence-electron chi connectivity index (χ0n) is 13.1. The van der Waals surface area contributed by atoms with Crippen LogP contribution in [0.3, 0.4) is 0 Å². The Morgan fingerprint density at radius 3 is 2.95 bits per heavy atom. The first-order valence-electron chi connectivity index (χ1n) is 7.56. The van der Waals surface area contributed by atoms with Gasteiger partial charge in [-0.25, -0.2) is 0 Å². The van der Waals surface area contributed by atoms with Crippen molar-refractivity contribution >= 4 is 11.8 Å². The molecule has 2 atom stereocenters. The van der Waals surface area contributed by atoms with Crippen LogP contribution >= 0.6 is 11.8 Å². The van der Waals surface area contributed by atoms with Crippen molar-refractivity contribution in [2.24, 2.45) is 0 Å². The van der Waals surface area contributed by atoms with Gasteiger partial charge in [0.2, 0.25) is 0 Å². The second-order valence-corrected chi connectivity index (χ2v) is 7.38. The van der Waals surface area contributed by atoms with Crippen LogP contribution in [0, 0.1) is 11.3 Å². The van der Waals surface area contributed by atoms with Gasteiger partial charge >= 0.3 is 0 Å². The minimum Gasteiger partial charge on any atom is -0.497 e. The highest BCUT2D eigenvalue weighted by Gasteiger charge is 2.37. The van der Waals surface area contributed by atoms with E-state index in [-0.39, 0.29) is 5.54 Å². The fourth-order valence-electron chi connectivity index (χ4n) is 3.01. The summed E-state index contributed by atoms with van der Waals surface area (Å²) in [7, 11) is 1.69. The van der Waals surface area contributed by atoms with E-state index in [1.54, 1.807) is 7.11 Å². The Hall–Kier alpha value is -1.18. The Kier molecular flexibility index (Phi) is 5.55. The SMILES string of the molecule is COc1cccc(SC2CCCC(C#N)(NC(C)C)C2)c1. The van der Waals surface area contributed by atoms with E-state index in [4.69, 9.17) is 4.74 Å². The normalized spacial score (nSPS) is 25.6. The van der Waals surface area contributed by atoms with Gasteiger partial charge in [0, 0.05) is 16.2 Å². The second-order valence-electron chi connectivity index (χ2n) is 6.01. The number of methoxy groups -OCH3 is 1. The first kappa shape index (κ1) is 16.2. The van der Waals surface area contributed by atoms with E-state index in [0.29, 0.717) is 11.3 Å². The van der Waals surface area contributed by atoms with Gasteiger partial charge in [0.15, 0.2) is 0 Å². The Balaban J connectivity index is 2.05. The third-order valence-electron chi connectivity index (χ3n) is 3.83. The Labute approximate surface area is 132 Å². The first-order chi connectivity index (χ1) is 10.1. The van der Waals surface area contributed by atoms with Gasteiger partial charge in [0.05, 0.1) is 13.2 Å². The number of hydrogen-bond acceptors (Lipinski definition) is 4. The molecule has 1 aromatic carbocycles. The van der Waals surface area contributed by atoms with Crippen LogP contribution in [0.4, 0.5) is 0 Å². The van der Waals surface area contributed by atoms with E-state index in [1.807, 2.05) is 23.9 Å². The highest BCUT2D eigenvalue weighted by molar-refractivity contribution is 8.00. The zero-order valence-corrected chi connectivity index (χ0v) is 13.9. The Morgan fingerprint density at radius 1 is 1.48 bits per heavy atom. The molecule has 1 aliphatic rings. The van der Waals surface area contributed by atoms with Crippen LogP contribution in [0.15, 0.2) is 29.2 Å². The van der Waals surface area contributed by atoms with Gasteiger partial charge < -0.3 is 4.74 Å². The fourth-order valence-corrected chi connectivity index (χ4v) is 4.39. The molecule has 0 amide bonds. The first-order valence-corrected chi connectivity index (χ1v) is 8.44. The maximum absolute atomic E-state index is 9.61. The lowest BCUT2D eigenvalue weighted by Gasteiger charge is -2.37. The predicted octanol–water partition coefficient (Wildman–Crippen LogP) is 3.99. The van der Waals surface area contributed by atoms with Crippen LogP contribution < -0.4 is 10.1 Å². The molecule has 0 saturated heterocycles. The minimum absolute atomic E-state index is 0.338. The lowest BCUT2D eigenvalue weighted by molar-refractivity contribution is 0.284. The number of thioether (sulfide) groups is 1. The average Bonchev–Trinajstić information content (AvgIpc) is 2.47. The molecule has 2 rings (SSSR count). The summed E-state index contributed by atoms with van der Waals surface area (Å²) in [6, 6.07) is 11.1. The summed E-state index contributed by atoms with van der Waals surface area (Å²) in [6.45, 7) is 4.22. The van der Waals surface area contributed by atoms with Crippen LogP contribution in [-0.4, -0.2) is 23.9 Å². The largest absolute Gasteiger partial charge is 0.497 e. The van der Waals surface area contributed by atoms with Crippen molar-refractivity contribution in [3.05, 3.63) is 24.3 Å². The number of hydrogen-bond donors (Lipinski definition) is 1. The van der Waals surface area contributed by atoms with Gasteiger partial charge in [-0.05, 0) is 57.7 Å². The van der Waals surface area contributed by atoms with Crippen molar-refractivity contribution in [3.63, 3.8) is 0 Å². The summed E-state index contributed by atoms with van der Waals surface area (Å²) in [6.07, 6.45) is 4.14. The quantitative estimate of drug-likeness (QED) is 0.893. The smallest absolute Gasteiger partial charge is 0.119 e. The summed E-state index contributed by atoms with van der Waals surface area (Å²) in [5, 5.41) is 13.6. The van der Waals surface area contributed by atoms with Gasteiger partial charge in [-0.3, -0.25) is 5.32 Å². The predicted molar refractivity (Wildman–Crippen MR) is 87.7 cm³/mol. The molecule has 114 valence electrons. The maximum atomic E-state index is 9.61. The molecule has 1 aromatic rings. The van der Waals surface area contributed by atoms with Gasteiger partial charge in [0.1, 0.15) is 11.3 Å². The monoisotopic (exact) mass is 304 g/mol. The number of nitrogens with one attached hydrogen (secondary N) is 1. The molecule has 1 saturated carbocycles. The Morgan fingerprint density at radius 2 is 2.29 bits per heavy atom. The molecular weight excluding hydrogens is 280 g/mol. The van der Waals surface area contributed by atoms with Gasteiger partial charge in [-0.15, -0.1) is 11.8 Å². The number of rotatable bonds is 5. The number of benzene rings is 1. The third kappa shape index (κ3) is 4.39. The number of nitriles is 1. The molecule has 21 heavy (non-hydrogen) atoms. The van der Waals surface area contributed by atoms with Gasteiger partial charge in [-0.1, -0.05) is 6.07 Å². The maximum Gasteiger partial charge on any atom is 0.119 e. The molecular formula is C17H24N2OS.